The fraction of sp³-hybridized carbons (Fsp3) is 0.765. The number of hydrogen-bond acceptors (Lipinski definition) is 4. The van der Waals surface area contributed by atoms with Crippen LogP contribution in [0.4, 0.5) is 0 Å². The third kappa shape index (κ3) is 6.58. The van der Waals surface area contributed by atoms with Crippen molar-refractivity contribution in [3.63, 3.8) is 0 Å². The molecule has 7 heteroatoms. The molecule has 0 aromatic carbocycles. The van der Waals surface area contributed by atoms with Crippen molar-refractivity contribution in [2.45, 2.75) is 46.6 Å². The molecular weight excluding hydrogens is 417 g/mol. The Morgan fingerprint density at radius 2 is 2.00 bits per heavy atom. The van der Waals surface area contributed by atoms with Crippen LogP contribution in [0.5, 0.6) is 0 Å². The van der Waals surface area contributed by atoms with E-state index in [2.05, 4.69) is 32.4 Å². The SMILES string of the molecule is CCN1CCC(CCNC(=NC)NCc2nc(C)c(C)o2)CC1.I. The summed E-state index contributed by atoms with van der Waals surface area (Å²) >= 11 is 0. The van der Waals surface area contributed by atoms with E-state index in [4.69, 9.17) is 4.42 Å². The molecule has 6 nitrogen and oxygen atoms in total. The number of nitrogens with one attached hydrogen (secondary N) is 2. The highest BCUT2D eigenvalue weighted by atomic mass is 127. The quantitative estimate of drug-likeness (QED) is 0.397. The fourth-order valence-electron chi connectivity index (χ4n) is 2.98. The van der Waals surface area contributed by atoms with Crippen molar-refractivity contribution in [3.8, 4) is 0 Å². The molecule has 1 fully saturated rings. The Kier molecular flexibility index (Phi) is 9.65. The normalized spacial score (nSPS) is 16.8. The molecule has 1 aromatic heterocycles. The van der Waals surface area contributed by atoms with E-state index in [0.717, 1.165) is 29.9 Å². The average Bonchev–Trinajstić information content (AvgIpc) is 2.89. The first-order valence-corrected chi connectivity index (χ1v) is 8.72. The monoisotopic (exact) mass is 449 g/mol. The van der Waals surface area contributed by atoms with Crippen molar-refractivity contribution in [2.24, 2.45) is 10.9 Å². The van der Waals surface area contributed by atoms with Crippen LogP contribution in [0.3, 0.4) is 0 Å². The summed E-state index contributed by atoms with van der Waals surface area (Å²) in [5, 5.41) is 6.64. The zero-order valence-electron chi connectivity index (χ0n) is 15.4. The summed E-state index contributed by atoms with van der Waals surface area (Å²) in [6.07, 6.45) is 3.84. The maximum Gasteiger partial charge on any atom is 0.214 e. The van der Waals surface area contributed by atoms with Gasteiger partial charge in [-0.2, -0.15) is 0 Å². The summed E-state index contributed by atoms with van der Waals surface area (Å²) in [5.41, 5.74) is 0.947. The number of hydrogen-bond donors (Lipinski definition) is 2. The molecule has 1 aliphatic heterocycles. The molecule has 138 valence electrons. The lowest BCUT2D eigenvalue weighted by Gasteiger charge is -2.31. The second kappa shape index (κ2) is 10.9. The van der Waals surface area contributed by atoms with Gasteiger partial charge in [0.2, 0.25) is 5.89 Å². The van der Waals surface area contributed by atoms with Crippen LogP contribution in [-0.2, 0) is 6.54 Å². The van der Waals surface area contributed by atoms with Crippen molar-refractivity contribution in [1.82, 2.24) is 20.5 Å². The van der Waals surface area contributed by atoms with Crippen molar-refractivity contribution in [1.29, 1.82) is 0 Å². The average molecular weight is 449 g/mol. The third-order valence-corrected chi connectivity index (χ3v) is 4.70. The van der Waals surface area contributed by atoms with E-state index in [1.807, 2.05) is 13.8 Å². The highest BCUT2D eigenvalue weighted by molar-refractivity contribution is 14.0. The minimum absolute atomic E-state index is 0. The Labute approximate surface area is 162 Å². The Morgan fingerprint density at radius 1 is 1.29 bits per heavy atom. The van der Waals surface area contributed by atoms with E-state index in [9.17, 15) is 0 Å². The van der Waals surface area contributed by atoms with Crippen LogP contribution in [0, 0.1) is 19.8 Å². The van der Waals surface area contributed by atoms with Gasteiger partial charge in [0.1, 0.15) is 5.76 Å². The number of guanidine groups is 1. The molecule has 1 aromatic rings. The molecule has 0 spiro atoms. The molecule has 0 saturated carbocycles. The van der Waals surface area contributed by atoms with Crippen LogP contribution in [0.1, 0.15) is 43.5 Å². The third-order valence-electron chi connectivity index (χ3n) is 4.70. The minimum atomic E-state index is 0. The first-order chi connectivity index (χ1) is 11.1. The lowest BCUT2D eigenvalue weighted by Crippen LogP contribution is -2.39. The fourth-order valence-corrected chi connectivity index (χ4v) is 2.98. The van der Waals surface area contributed by atoms with Crippen LogP contribution in [-0.4, -0.2) is 49.1 Å². The van der Waals surface area contributed by atoms with E-state index in [0.29, 0.717) is 12.4 Å². The van der Waals surface area contributed by atoms with Crippen molar-refractivity contribution < 1.29 is 4.42 Å². The number of nitrogens with zero attached hydrogens (tertiary/aromatic N) is 3. The van der Waals surface area contributed by atoms with Gasteiger partial charge in [-0.3, -0.25) is 4.99 Å². The number of aliphatic imine (C=N–C) groups is 1. The van der Waals surface area contributed by atoms with Gasteiger partial charge in [0.25, 0.3) is 0 Å². The summed E-state index contributed by atoms with van der Waals surface area (Å²) in [4.78, 5) is 11.2. The highest BCUT2D eigenvalue weighted by Crippen LogP contribution is 2.19. The molecule has 1 saturated heterocycles. The van der Waals surface area contributed by atoms with Gasteiger partial charge in [0.15, 0.2) is 5.96 Å². The number of aromatic nitrogens is 1. The molecule has 24 heavy (non-hydrogen) atoms. The second-order valence-electron chi connectivity index (χ2n) is 6.27. The van der Waals surface area contributed by atoms with Crippen LogP contribution in [0.25, 0.3) is 0 Å². The summed E-state index contributed by atoms with van der Waals surface area (Å²) < 4.78 is 5.57. The van der Waals surface area contributed by atoms with E-state index in [1.54, 1.807) is 7.05 Å². The van der Waals surface area contributed by atoms with Gasteiger partial charge in [0.05, 0.1) is 12.2 Å². The zero-order valence-corrected chi connectivity index (χ0v) is 17.7. The summed E-state index contributed by atoms with van der Waals surface area (Å²) in [7, 11) is 1.79. The number of oxazole rings is 1. The van der Waals surface area contributed by atoms with Crippen molar-refractivity contribution in [2.75, 3.05) is 33.2 Å². The lowest BCUT2D eigenvalue weighted by atomic mass is 9.93. The molecule has 0 radical (unpaired) electrons. The van der Waals surface area contributed by atoms with Crippen molar-refractivity contribution in [3.05, 3.63) is 17.3 Å². The van der Waals surface area contributed by atoms with Gasteiger partial charge >= 0.3 is 0 Å². The first-order valence-electron chi connectivity index (χ1n) is 8.72. The number of rotatable bonds is 6. The van der Waals surface area contributed by atoms with Gasteiger partial charge in [0, 0.05) is 13.6 Å². The Hall–Kier alpha value is -0.830. The predicted molar refractivity (Wildman–Crippen MR) is 109 cm³/mol. The molecule has 0 unspecified atom stereocenters. The molecule has 2 rings (SSSR count). The number of likely N-dealkylation sites (tertiary alicyclic amines) is 1. The predicted octanol–water partition coefficient (Wildman–Crippen LogP) is 2.70. The molecule has 0 aliphatic carbocycles. The van der Waals surface area contributed by atoms with E-state index in [-0.39, 0.29) is 24.0 Å². The smallest absolute Gasteiger partial charge is 0.214 e. The number of aryl methyl sites for hydroxylation is 2. The van der Waals surface area contributed by atoms with Crippen LogP contribution in [0.15, 0.2) is 9.41 Å². The van der Waals surface area contributed by atoms with E-state index < -0.39 is 0 Å². The number of halogens is 1. The maximum absolute atomic E-state index is 5.57. The van der Waals surface area contributed by atoms with Crippen LogP contribution in [0.2, 0.25) is 0 Å². The zero-order chi connectivity index (χ0) is 16.7. The summed E-state index contributed by atoms with van der Waals surface area (Å²) in [5.74, 6) is 3.23. The largest absolute Gasteiger partial charge is 0.444 e. The van der Waals surface area contributed by atoms with E-state index >= 15 is 0 Å². The maximum atomic E-state index is 5.57. The molecular formula is C17H32IN5O. The van der Waals surface area contributed by atoms with Gasteiger partial charge in [-0.25, -0.2) is 4.98 Å². The number of piperidine rings is 1. The van der Waals surface area contributed by atoms with E-state index in [1.165, 1.54) is 38.9 Å². The molecule has 1 aliphatic rings. The Morgan fingerprint density at radius 3 is 2.54 bits per heavy atom. The van der Waals surface area contributed by atoms with Gasteiger partial charge < -0.3 is 20.0 Å². The molecule has 0 atom stereocenters. The molecule has 2 heterocycles. The van der Waals surface area contributed by atoms with Crippen molar-refractivity contribution >= 4 is 29.9 Å². The van der Waals surface area contributed by atoms with Gasteiger partial charge in [-0.1, -0.05) is 6.92 Å². The molecule has 0 bridgehead atoms. The molecule has 2 N–H and O–H groups in total. The standard InChI is InChI=1S/C17H31N5O.HI/c1-5-22-10-7-15(8-11-22)6-9-19-17(18-4)20-12-16-21-13(2)14(3)23-16;/h15H,5-12H2,1-4H3,(H2,18,19,20);1H. The van der Waals surface area contributed by atoms with Gasteiger partial charge in [-0.15, -0.1) is 24.0 Å². The Balaban J connectivity index is 0.00000288. The second-order valence-corrected chi connectivity index (χ2v) is 6.27. The highest BCUT2D eigenvalue weighted by Gasteiger charge is 2.17. The Bertz CT molecular complexity index is 490. The summed E-state index contributed by atoms with van der Waals surface area (Å²) in [6, 6.07) is 0. The van der Waals surface area contributed by atoms with Gasteiger partial charge in [-0.05, 0) is 58.7 Å². The first kappa shape index (κ1) is 21.2. The van der Waals surface area contributed by atoms with Crippen LogP contribution >= 0.6 is 24.0 Å². The minimum Gasteiger partial charge on any atom is -0.444 e. The summed E-state index contributed by atoms with van der Waals surface area (Å²) in [6.45, 7) is 11.3. The lowest BCUT2D eigenvalue weighted by molar-refractivity contribution is 0.187. The topological polar surface area (TPSA) is 65.7 Å². The van der Waals surface area contributed by atoms with Crippen LogP contribution < -0.4 is 10.6 Å². The molecule has 0 amide bonds.